The molecule has 4 heteroatoms. The fraction of sp³-hybridized carbons (Fsp3) is 0.278. The van der Waals surface area contributed by atoms with Crippen molar-refractivity contribution in [3.05, 3.63) is 59.2 Å². The van der Waals surface area contributed by atoms with E-state index in [4.69, 9.17) is 5.73 Å². The molecule has 0 fully saturated rings. The van der Waals surface area contributed by atoms with Crippen LogP contribution in [0.25, 0.3) is 0 Å². The maximum absolute atomic E-state index is 12.2. The van der Waals surface area contributed by atoms with Crippen molar-refractivity contribution in [1.29, 1.82) is 0 Å². The molecule has 1 aliphatic rings. The van der Waals surface area contributed by atoms with Crippen LogP contribution in [0.15, 0.2) is 42.5 Å². The Morgan fingerprint density at radius 1 is 1.05 bits per heavy atom. The monoisotopic (exact) mass is 316 g/mol. The fourth-order valence-corrected chi connectivity index (χ4v) is 2.91. The average molecular weight is 317 g/mol. The van der Waals surface area contributed by atoms with Gasteiger partial charge in [-0.2, -0.15) is 0 Å². The van der Waals surface area contributed by atoms with Crippen LogP contribution in [0.2, 0.25) is 0 Å². The van der Waals surface area contributed by atoms with Crippen molar-refractivity contribution in [1.82, 2.24) is 0 Å². The largest absolute Gasteiger partial charge is 0.399 e. The molecule has 0 saturated carbocycles. The maximum Gasteiger partial charge on any atom is 0.228 e. The number of nitrogens with one attached hydrogen (secondary N) is 1. The minimum absolute atomic E-state index is 0. The molecule has 0 radical (unpaired) electrons. The van der Waals surface area contributed by atoms with Crippen LogP contribution >= 0.6 is 12.4 Å². The number of anilines is 2. The van der Waals surface area contributed by atoms with Gasteiger partial charge in [0.05, 0.1) is 6.42 Å². The standard InChI is InChI=1S/C18H20N2O.ClH/c19-15-10-8-13(9-11-15)12-18(21)20-17-7-3-5-14-4-1-2-6-16(14)17;/h3,5,7-11H,1-2,4,6,12,19H2,(H,20,21);1H. The van der Waals surface area contributed by atoms with Gasteiger partial charge in [0.2, 0.25) is 5.91 Å². The van der Waals surface area contributed by atoms with Crippen LogP contribution in [-0.2, 0) is 24.1 Å². The summed E-state index contributed by atoms with van der Waals surface area (Å²) in [4.78, 5) is 12.2. The van der Waals surface area contributed by atoms with Crippen molar-refractivity contribution >= 4 is 29.7 Å². The minimum Gasteiger partial charge on any atom is -0.399 e. The van der Waals surface area contributed by atoms with Gasteiger partial charge in [-0.15, -0.1) is 12.4 Å². The highest BCUT2D eigenvalue weighted by Crippen LogP contribution is 2.27. The zero-order valence-electron chi connectivity index (χ0n) is 12.5. The Kier molecular flexibility index (Phi) is 5.45. The van der Waals surface area contributed by atoms with Gasteiger partial charge >= 0.3 is 0 Å². The number of carbonyl (C=O) groups excluding carboxylic acids is 1. The third-order valence-electron chi connectivity index (χ3n) is 4.01. The van der Waals surface area contributed by atoms with Gasteiger partial charge in [0, 0.05) is 11.4 Å². The van der Waals surface area contributed by atoms with Gasteiger partial charge in [-0.3, -0.25) is 4.79 Å². The summed E-state index contributed by atoms with van der Waals surface area (Å²) >= 11 is 0. The molecule has 0 bridgehead atoms. The molecule has 2 aromatic carbocycles. The van der Waals surface area contributed by atoms with Crippen molar-refractivity contribution in [2.75, 3.05) is 11.1 Å². The van der Waals surface area contributed by atoms with Crippen molar-refractivity contribution < 1.29 is 4.79 Å². The molecule has 3 N–H and O–H groups in total. The topological polar surface area (TPSA) is 55.1 Å². The lowest BCUT2D eigenvalue weighted by atomic mass is 9.90. The minimum atomic E-state index is 0. The smallest absolute Gasteiger partial charge is 0.228 e. The average Bonchev–Trinajstić information content (AvgIpc) is 2.50. The van der Waals surface area contributed by atoms with E-state index in [9.17, 15) is 4.79 Å². The first kappa shape index (κ1) is 16.4. The van der Waals surface area contributed by atoms with Gasteiger partial charge in [-0.25, -0.2) is 0 Å². The zero-order valence-corrected chi connectivity index (χ0v) is 13.3. The predicted molar refractivity (Wildman–Crippen MR) is 93.5 cm³/mol. The number of fused-ring (bicyclic) bond motifs is 1. The number of aryl methyl sites for hydroxylation is 1. The Hall–Kier alpha value is -2.00. The zero-order chi connectivity index (χ0) is 14.7. The van der Waals surface area contributed by atoms with Gasteiger partial charge in [-0.05, 0) is 60.6 Å². The Balaban J connectivity index is 0.00000176. The first-order valence-corrected chi connectivity index (χ1v) is 7.47. The number of hydrogen-bond donors (Lipinski definition) is 2. The molecule has 0 spiro atoms. The molecule has 2 aromatic rings. The summed E-state index contributed by atoms with van der Waals surface area (Å²) in [6.07, 6.45) is 5.02. The molecule has 22 heavy (non-hydrogen) atoms. The third-order valence-corrected chi connectivity index (χ3v) is 4.01. The van der Waals surface area contributed by atoms with E-state index >= 15 is 0 Å². The van der Waals surface area contributed by atoms with E-state index in [1.807, 2.05) is 36.4 Å². The number of nitrogen functional groups attached to an aromatic ring is 1. The van der Waals surface area contributed by atoms with Crippen LogP contribution in [-0.4, -0.2) is 5.91 Å². The molecular formula is C18H21ClN2O. The number of nitrogens with two attached hydrogens (primary N) is 1. The summed E-state index contributed by atoms with van der Waals surface area (Å²) in [6, 6.07) is 13.7. The third kappa shape index (κ3) is 3.80. The molecule has 0 unspecified atom stereocenters. The molecule has 1 aliphatic carbocycles. The molecule has 0 aromatic heterocycles. The van der Waals surface area contributed by atoms with E-state index in [0.29, 0.717) is 6.42 Å². The number of hydrogen-bond acceptors (Lipinski definition) is 2. The van der Waals surface area contributed by atoms with Gasteiger partial charge in [0.15, 0.2) is 0 Å². The summed E-state index contributed by atoms with van der Waals surface area (Å²) in [7, 11) is 0. The number of benzene rings is 2. The van der Waals surface area contributed by atoms with Gasteiger partial charge in [0.25, 0.3) is 0 Å². The van der Waals surface area contributed by atoms with Crippen molar-refractivity contribution in [2.24, 2.45) is 0 Å². The second kappa shape index (κ2) is 7.32. The molecule has 0 heterocycles. The highest BCUT2D eigenvalue weighted by molar-refractivity contribution is 5.93. The summed E-state index contributed by atoms with van der Waals surface area (Å²) < 4.78 is 0. The highest BCUT2D eigenvalue weighted by atomic mass is 35.5. The Labute approximate surface area is 137 Å². The van der Waals surface area contributed by atoms with Crippen LogP contribution < -0.4 is 11.1 Å². The summed E-state index contributed by atoms with van der Waals surface area (Å²) in [6.45, 7) is 0. The molecule has 1 amide bonds. The molecule has 116 valence electrons. The van der Waals surface area contributed by atoms with Crippen molar-refractivity contribution in [3.63, 3.8) is 0 Å². The Morgan fingerprint density at radius 2 is 1.77 bits per heavy atom. The first-order valence-electron chi connectivity index (χ1n) is 7.47. The SMILES string of the molecule is Cl.Nc1ccc(CC(=O)Nc2cccc3c2CCCC3)cc1. The molecule has 3 rings (SSSR count). The van der Waals surface area contributed by atoms with E-state index in [0.717, 1.165) is 29.8 Å². The summed E-state index contributed by atoms with van der Waals surface area (Å²) in [5.74, 6) is 0.0266. The molecular weight excluding hydrogens is 296 g/mol. The lowest BCUT2D eigenvalue weighted by molar-refractivity contribution is -0.115. The van der Waals surface area contributed by atoms with Crippen LogP contribution in [0.3, 0.4) is 0 Å². The number of amides is 1. The van der Waals surface area contributed by atoms with E-state index < -0.39 is 0 Å². The molecule has 0 saturated heterocycles. The van der Waals surface area contributed by atoms with Gasteiger partial charge in [0.1, 0.15) is 0 Å². The second-order valence-corrected chi connectivity index (χ2v) is 5.62. The lowest BCUT2D eigenvalue weighted by Crippen LogP contribution is -2.17. The molecule has 0 aliphatic heterocycles. The lowest BCUT2D eigenvalue weighted by Gasteiger charge is -2.19. The van der Waals surface area contributed by atoms with Crippen LogP contribution in [0.4, 0.5) is 11.4 Å². The van der Waals surface area contributed by atoms with E-state index in [1.165, 1.54) is 24.0 Å². The van der Waals surface area contributed by atoms with Crippen molar-refractivity contribution in [2.45, 2.75) is 32.1 Å². The second-order valence-electron chi connectivity index (χ2n) is 5.62. The Morgan fingerprint density at radius 3 is 2.55 bits per heavy atom. The Bertz CT molecular complexity index is 653. The van der Waals surface area contributed by atoms with Crippen LogP contribution in [0.1, 0.15) is 29.5 Å². The highest BCUT2D eigenvalue weighted by Gasteiger charge is 2.14. The summed E-state index contributed by atoms with van der Waals surface area (Å²) in [5, 5.41) is 3.06. The predicted octanol–water partition coefficient (Wildman–Crippen LogP) is 3.75. The number of carbonyl (C=O) groups is 1. The van der Waals surface area contributed by atoms with E-state index in [1.54, 1.807) is 0 Å². The molecule has 0 atom stereocenters. The fourth-order valence-electron chi connectivity index (χ4n) is 2.91. The number of rotatable bonds is 3. The normalized spacial score (nSPS) is 12.9. The number of halogens is 1. The quantitative estimate of drug-likeness (QED) is 0.847. The van der Waals surface area contributed by atoms with Gasteiger partial charge in [-0.1, -0.05) is 24.3 Å². The van der Waals surface area contributed by atoms with Crippen LogP contribution in [0.5, 0.6) is 0 Å². The van der Waals surface area contributed by atoms with E-state index in [2.05, 4.69) is 11.4 Å². The maximum atomic E-state index is 12.2. The van der Waals surface area contributed by atoms with Crippen molar-refractivity contribution in [3.8, 4) is 0 Å². The first-order chi connectivity index (χ1) is 10.2. The van der Waals surface area contributed by atoms with E-state index in [-0.39, 0.29) is 18.3 Å². The molecule has 3 nitrogen and oxygen atoms in total. The summed E-state index contributed by atoms with van der Waals surface area (Å²) in [5.41, 5.74) is 11.0. The van der Waals surface area contributed by atoms with Crippen LogP contribution in [0, 0.1) is 0 Å². The van der Waals surface area contributed by atoms with Gasteiger partial charge < -0.3 is 11.1 Å².